The topological polar surface area (TPSA) is 63.1 Å². The van der Waals surface area contributed by atoms with Crippen molar-refractivity contribution in [2.24, 2.45) is 5.92 Å². The lowest BCUT2D eigenvalue weighted by atomic mass is 9.98. The molecule has 0 aromatic carbocycles. The molecule has 0 saturated carbocycles. The van der Waals surface area contributed by atoms with Crippen LogP contribution in [0, 0.1) is 19.8 Å². The van der Waals surface area contributed by atoms with Crippen molar-refractivity contribution in [3.63, 3.8) is 0 Å². The number of piperidine rings is 1. The van der Waals surface area contributed by atoms with E-state index in [1.165, 1.54) is 11.3 Å². The molecule has 1 aliphatic heterocycles. The van der Waals surface area contributed by atoms with Gasteiger partial charge in [0.05, 0.1) is 13.1 Å². The van der Waals surface area contributed by atoms with Crippen molar-refractivity contribution in [2.75, 3.05) is 19.6 Å². The quantitative estimate of drug-likeness (QED) is 0.868. The van der Waals surface area contributed by atoms with E-state index in [0.29, 0.717) is 19.0 Å². The van der Waals surface area contributed by atoms with E-state index in [9.17, 15) is 4.79 Å². The van der Waals surface area contributed by atoms with Gasteiger partial charge in [0.25, 0.3) is 0 Å². The Bertz CT molecular complexity index is 667. The number of hydrogen-bond acceptors (Lipinski definition) is 5. The molecule has 1 atom stereocenters. The maximum atomic E-state index is 12.2. The van der Waals surface area contributed by atoms with Crippen LogP contribution in [0.2, 0.25) is 0 Å². The number of aromatic nitrogens is 3. The minimum Gasteiger partial charge on any atom is -0.350 e. The Balaban J connectivity index is 1.46. The number of aryl methyl sites for hydroxylation is 2. The summed E-state index contributed by atoms with van der Waals surface area (Å²) in [5, 5.41) is 9.50. The summed E-state index contributed by atoms with van der Waals surface area (Å²) in [6, 6.07) is 4.06. The number of rotatable bonds is 6. The average Bonchev–Trinajstić information content (AvgIpc) is 3.16. The average molecular weight is 347 g/mol. The van der Waals surface area contributed by atoms with Crippen molar-refractivity contribution in [3.05, 3.63) is 34.0 Å². The predicted octanol–water partition coefficient (Wildman–Crippen LogP) is 1.98. The van der Waals surface area contributed by atoms with Crippen molar-refractivity contribution in [2.45, 2.75) is 39.8 Å². The minimum atomic E-state index is 0.108. The molecule has 3 heterocycles. The zero-order valence-corrected chi connectivity index (χ0v) is 15.2. The van der Waals surface area contributed by atoms with Gasteiger partial charge in [-0.1, -0.05) is 6.07 Å². The van der Waals surface area contributed by atoms with Gasteiger partial charge in [0, 0.05) is 18.0 Å². The van der Waals surface area contributed by atoms with E-state index in [0.717, 1.165) is 37.7 Å². The van der Waals surface area contributed by atoms with Gasteiger partial charge in [0.1, 0.15) is 11.6 Å². The van der Waals surface area contributed by atoms with Crippen molar-refractivity contribution < 1.29 is 4.79 Å². The van der Waals surface area contributed by atoms with Crippen LogP contribution < -0.4 is 5.32 Å². The van der Waals surface area contributed by atoms with Crippen molar-refractivity contribution in [1.29, 1.82) is 0 Å². The monoisotopic (exact) mass is 347 g/mol. The van der Waals surface area contributed by atoms with Gasteiger partial charge in [-0.3, -0.25) is 9.69 Å². The largest absolute Gasteiger partial charge is 0.350 e. The lowest BCUT2D eigenvalue weighted by molar-refractivity contribution is -0.122. The summed E-state index contributed by atoms with van der Waals surface area (Å²) in [4.78, 5) is 20.0. The minimum absolute atomic E-state index is 0.108. The molecule has 0 aliphatic carbocycles. The van der Waals surface area contributed by atoms with Crippen LogP contribution in [-0.2, 0) is 17.9 Å². The van der Waals surface area contributed by atoms with E-state index in [2.05, 4.69) is 20.3 Å². The summed E-state index contributed by atoms with van der Waals surface area (Å²) in [7, 11) is 0. The van der Waals surface area contributed by atoms with Gasteiger partial charge in [0.15, 0.2) is 0 Å². The molecule has 6 nitrogen and oxygen atoms in total. The molecular formula is C17H25N5OS. The first-order valence-corrected chi connectivity index (χ1v) is 9.37. The summed E-state index contributed by atoms with van der Waals surface area (Å²) >= 11 is 1.67. The molecule has 2 aromatic rings. The third-order valence-corrected chi connectivity index (χ3v) is 5.28. The lowest BCUT2D eigenvalue weighted by Gasteiger charge is -2.32. The number of nitrogens with one attached hydrogen (secondary N) is 1. The third kappa shape index (κ3) is 4.64. The second-order valence-electron chi connectivity index (χ2n) is 6.49. The van der Waals surface area contributed by atoms with Crippen LogP contribution in [0.1, 0.15) is 29.4 Å². The van der Waals surface area contributed by atoms with Crippen molar-refractivity contribution >= 4 is 17.2 Å². The van der Waals surface area contributed by atoms with E-state index in [-0.39, 0.29) is 5.91 Å². The van der Waals surface area contributed by atoms with E-state index in [1.54, 1.807) is 11.3 Å². The SMILES string of the molecule is Cc1nc(C)n(CC2CCCN(CC(=O)NCc3cccs3)C2)n1. The highest BCUT2D eigenvalue weighted by Gasteiger charge is 2.22. The number of likely N-dealkylation sites (tertiary alicyclic amines) is 1. The number of carbonyl (C=O) groups is 1. The van der Waals surface area contributed by atoms with Gasteiger partial charge >= 0.3 is 0 Å². The second-order valence-corrected chi connectivity index (χ2v) is 7.52. The highest BCUT2D eigenvalue weighted by molar-refractivity contribution is 7.09. The van der Waals surface area contributed by atoms with Crippen LogP contribution in [0.15, 0.2) is 17.5 Å². The Morgan fingerprint density at radius 3 is 3.04 bits per heavy atom. The number of thiophene rings is 1. The normalized spacial score (nSPS) is 18.7. The number of amides is 1. The zero-order valence-electron chi connectivity index (χ0n) is 14.4. The molecule has 24 heavy (non-hydrogen) atoms. The smallest absolute Gasteiger partial charge is 0.234 e. The van der Waals surface area contributed by atoms with Crippen LogP contribution >= 0.6 is 11.3 Å². The first-order valence-electron chi connectivity index (χ1n) is 8.49. The summed E-state index contributed by atoms with van der Waals surface area (Å²) in [6.45, 7) is 7.87. The predicted molar refractivity (Wildman–Crippen MR) is 94.8 cm³/mol. The Morgan fingerprint density at radius 2 is 2.33 bits per heavy atom. The standard InChI is InChI=1S/C17H25N5OS/c1-13-19-14(2)22(20-13)11-15-5-3-7-21(10-15)12-17(23)18-9-16-6-4-8-24-16/h4,6,8,15H,3,5,7,9-12H2,1-2H3,(H,18,23). The molecule has 1 amide bonds. The van der Waals surface area contributed by atoms with Gasteiger partial charge in [-0.25, -0.2) is 9.67 Å². The molecule has 7 heteroatoms. The maximum absolute atomic E-state index is 12.2. The van der Waals surface area contributed by atoms with Gasteiger partial charge in [-0.2, -0.15) is 5.10 Å². The second kappa shape index (κ2) is 7.90. The highest BCUT2D eigenvalue weighted by atomic mass is 32.1. The molecule has 1 saturated heterocycles. The summed E-state index contributed by atoms with van der Waals surface area (Å²) in [5.41, 5.74) is 0. The number of hydrogen-bond donors (Lipinski definition) is 1. The third-order valence-electron chi connectivity index (χ3n) is 4.40. The molecule has 3 rings (SSSR count). The van der Waals surface area contributed by atoms with E-state index in [4.69, 9.17) is 0 Å². The van der Waals surface area contributed by atoms with E-state index < -0.39 is 0 Å². The van der Waals surface area contributed by atoms with Gasteiger partial charge in [-0.15, -0.1) is 11.3 Å². The molecule has 2 aromatic heterocycles. The lowest BCUT2D eigenvalue weighted by Crippen LogP contribution is -2.43. The molecular weight excluding hydrogens is 322 g/mol. The first kappa shape index (κ1) is 17.1. The Hall–Kier alpha value is -1.73. The fraction of sp³-hybridized carbons (Fsp3) is 0.588. The van der Waals surface area contributed by atoms with Crippen LogP contribution in [0.3, 0.4) is 0 Å². The Labute approximate surface area is 146 Å². The molecule has 1 unspecified atom stereocenters. The number of carbonyl (C=O) groups excluding carboxylic acids is 1. The summed E-state index contributed by atoms with van der Waals surface area (Å²) in [5.74, 6) is 2.44. The van der Waals surface area contributed by atoms with Gasteiger partial charge in [0.2, 0.25) is 5.91 Å². The van der Waals surface area contributed by atoms with Crippen LogP contribution in [0.4, 0.5) is 0 Å². The van der Waals surface area contributed by atoms with Gasteiger partial charge in [-0.05, 0) is 50.6 Å². The van der Waals surface area contributed by atoms with Crippen LogP contribution in [-0.4, -0.2) is 45.2 Å². The molecule has 130 valence electrons. The highest BCUT2D eigenvalue weighted by Crippen LogP contribution is 2.18. The fourth-order valence-electron chi connectivity index (χ4n) is 3.28. The molecule has 1 aliphatic rings. The van der Waals surface area contributed by atoms with E-state index >= 15 is 0 Å². The zero-order chi connectivity index (χ0) is 16.9. The molecule has 1 N–H and O–H groups in total. The van der Waals surface area contributed by atoms with Gasteiger partial charge < -0.3 is 5.32 Å². The van der Waals surface area contributed by atoms with Crippen molar-refractivity contribution in [3.8, 4) is 0 Å². The van der Waals surface area contributed by atoms with Crippen LogP contribution in [0.5, 0.6) is 0 Å². The maximum Gasteiger partial charge on any atom is 0.234 e. The van der Waals surface area contributed by atoms with E-state index in [1.807, 2.05) is 36.0 Å². The van der Waals surface area contributed by atoms with Crippen LogP contribution in [0.25, 0.3) is 0 Å². The molecule has 0 spiro atoms. The fourth-order valence-corrected chi connectivity index (χ4v) is 3.93. The van der Waals surface area contributed by atoms with Crippen molar-refractivity contribution in [1.82, 2.24) is 25.0 Å². The summed E-state index contributed by atoms with van der Waals surface area (Å²) in [6.07, 6.45) is 2.32. The number of nitrogens with zero attached hydrogens (tertiary/aromatic N) is 4. The summed E-state index contributed by atoms with van der Waals surface area (Å²) < 4.78 is 2.00. The first-order chi connectivity index (χ1) is 11.6. The molecule has 0 bridgehead atoms. The Kier molecular flexibility index (Phi) is 5.63. The Morgan fingerprint density at radius 1 is 1.46 bits per heavy atom. The molecule has 1 fully saturated rings. The molecule has 0 radical (unpaired) electrons.